The second kappa shape index (κ2) is 8.83. The van der Waals surface area contributed by atoms with Gasteiger partial charge in [0.25, 0.3) is 5.91 Å². The zero-order valence-corrected chi connectivity index (χ0v) is 19.0. The Labute approximate surface area is 193 Å². The van der Waals surface area contributed by atoms with Crippen LogP contribution in [0.2, 0.25) is 0 Å². The summed E-state index contributed by atoms with van der Waals surface area (Å²) in [5.41, 5.74) is 5.52. The SMILES string of the molecule is CN1CCC(N(C)C(=O)c2cc(-c3ccncc3)c(-c3ccc4c(c3)CC/C4=N/O)o2)CC1. The zero-order chi connectivity index (χ0) is 22.9. The van der Waals surface area contributed by atoms with Gasteiger partial charge in [-0.2, -0.15) is 0 Å². The first-order valence-corrected chi connectivity index (χ1v) is 11.4. The molecule has 3 heterocycles. The van der Waals surface area contributed by atoms with Gasteiger partial charge in [0.2, 0.25) is 0 Å². The lowest BCUT2D eigenvalue weighted by Gasteiger charge is -2.34. The number of pyridine rings is 1. The van der Waals surface area contributed by atoms with Crippen LogP contribution < -0.4 is 0 Å². The fourth-order valence-electron chi connectivity index (χ4n) is 4.89. The van der Waals surface area contributed by atoms with E-state index >= 15 is 0 Å². The monoisotopic (exact) mass is 444 g/mol. The van der Waals surface area contributed by atoms with Crippen LogP contribution in [-0.2, 0) is 6.42 Å². The van der Waals surface area contributed by atoms with Gasteiger partial charge in [0.05, 0.1) is 5.71 Å². The molecule has 2 aliphatic rings. The summed E-state index contributed by atoms with van der Waals surface area (Å²) in [5.74, 6) is 0.914. The number of fused-ring (bicyclic) bond motifs is 1. The molecule has 1 aliphatic carbocycles. The third kappa shape index (κ3) is 4.04. The molecule has 7 nitrogen and oxygen atoms in total. The molecule has 0 atom stereocenters. The Hall–Kier alpha value is -3.45. The van der Waals surface area contributed by atoms with Crippen molar-refractivity contribution in [2.75, 3.05) is 27.2 Å². The van der Waals surface area contributed by atoms with Crippen LogP contribution >= 0.6 is 0 Å². The average molecular weight is 445 g/mol. The highest BCUT2D eigenvalue weighted by Gasteiger charge is 2.28. The number of benzene rings is 1. The molecule has 0 unspecified atom stereocenters. The molecule has 1 fully saturated rings. The number of piperidine rings is 1. The molecule has 7 heteroatoms. The molecule has 33 heavy (non-hydrogen) atoms. The predicted octanol–water partition coefficient (Wildman–Crippen LogP) is 4.30. The van der Waals surface area contributed by atoms with Crippen LogP contribution in [0.5, 0.6) is 0 Å². The molecule has 1 saturated heterocycles. The van der Waals surface area contributed by atoms with Gasteiger partial charge in [0.1, 0.15) is 5.76 Å². The number of aromatic nitrogens is 1. The van der Waals surface area contributed by atoms with E-state index in [1.165, 1.54) is 0 Å². The van der Waals surface area contributed by atoms with Crippen LogP contribution in [0.15, 0.2) is 58.4 Å². The first-order chi connectivity index (χ1) is 16.0. The second-order valence-corrected chi connectivity index (χ2v) is 8.96. The highest BCUT2D eigenvalue weighted by Crippen LogP contribution is 2.37. The van der Waals surface area contributed by atoms with E-state index in [1.807, 2.05) is 42.3 Å². The molecule has 0 saturated carbocycles. The molecule has 1 aliphatic heterocycles. The second-order valence-electron chi connectivity index (χ2n) is 8.96. The van der Waals surface area contributed by atoms with E-state index in [-0.39, 0.29) is 11.9 Å². The van der Waals surface area contributed by atoms with E-state index in [0.29, 0.717) is 17.2 Å². The normalized spacial score (nSPS) is 17.9. The Balaban J connectivity index is 1.52. The number of likely N-dealkylation sites (tertiary alicyclic amines) is 1. The highest BCUT2D eigenvalue weighted by atomic mass is 16.4. The van der Waals surface area contributed by atoms with E-state index in [1.54, 1.807) is 12.4 Å². The van der Waals surface area contributed by atoms with Gasteiger partial charge >= 0.3 is 0 Å². The predicted molar refractivity (Wildman–Crippen MR) is 127 cm³/mol. The van der Waals surface area contributed by atoms with E-state index in [4.69, 9.17) is 4.42 Å². The molecule has 1 amide bonds. The van der Waals surface area contributed by atoms with Crippen LogP contribution in [0.3, 0.4) is 0 Å². The first kappa shape index (κ1) is 21.4. The van der Waals surface area contributed by atoms with E-state index < -0.39 is 0 Å². The van der Waals surface area contributed by atoms with Crippen molar-refractivity contribution >= 4 is 11.6 Å². The van der Waals surface area contributed by atoms with Crippen molar-refractivity contribution in [3.05, 3.63) is 65.7 Å². The van der Waals surface area contributed by atoms with Crippen LogP contribution in [0, 0.1) is 0 Å². The number of furan rings is 1. The molecular weight excluding hydrogens is 416 g/mol. The van der Waals surface area contributed by atoms with Gasteiger partial charge in [-0.05, 0) is 81.2 Å². The van der Waals surface area contributed by atoms with Crippen molar-refractivity contribution in [2.45, 2.75) is 31.7 Å². The van der Waals surface area contributed by atoms with Crippen LogP contribution in [0.4, 0.5) is 0 Å². The molecule has 2 aromatic heterocycles. The van der Waals surface area contributed by atoms with Gasteiger partial charge in [0.15, 0.2) is 5.76 Å². The molecule has 1 aromatic carbocycles. The Morgan fingerprint density at radius 1 is 1.09 bits per heavy atom. The minimum Gasteiger partial charge on any atom is -0.450 e. The van der Waals surface area contributed by atoms with Crippen molar-refractivity contribution in [2.24, 2.45) is 5.16 Å². The van der Waals surface area contributed by atoms with Gasteiger partial charge in [-0.25, -0.2) is 0 Å². The minimum atomic E-state index is -0.0954. The molecule has 1 N–H and O–H groups in total. The number of rotatable bonds is 4. The van der Waals surface area contributed by atoms with Gasteiger partial charge in [-0.1, -0.05) is 17.3 Å². The standard InChI is InChI=1S/C26H28N4O3/c1-29-13-9-20(10-14-29)30(2)26(31)24-16-22(17-7-11-27-12-8-17)25(33-24)19-3-5-21-18(15-19)4-6-23(21)28-32/h3,5,7-8,11-12,15-16,20,32H,4,6,9-10,13-14H2,1-2H3/b28-23-. The summed E-state index contributed by atoms with van der Waals surface area (Å²) in [6.07, 6.45) is 6.94. The number of carbonyl (C=O) groups excluding carboxylic acids is 1. The van der Waals surface area contributed by atoms with Crippen LogP contribution in [0.1, 0.15) is 40.9 Å². The number of nitrogens with zero attached hydrogens (tertiary/aromatic N) is 4. The number of amides is 1. The summed E-state index contributed by atoms with van der Waals surface area (Å²) >= 11 is 0. The maximum atomic E-state index is 13.4. The summed E-state index contributed by atoms with van der Waals surface area (Å²) in [6.45, 7) is 1.98. The van der Waals surface area contributed by atoms with Gasteiger partial charge < -0.3 is 19.4 Å². The van der Waals surface area contributed by atoms with E-state index in [2.05, 4.69) is 28.2 Å². The van der Waals surface area contributed by atoms with Gasteiger partial charge in [-0.15, -0.1) is 0 Å². The van der Waals surface area contributed by atoms with Crippen molar-refractivity contribution in [3.8, 4) is 22.5 Å². The van der Waals surface area contributed by atoms with E-state index in [9.17, 15) is 10.0 Å². The topological polar surface area (TPSA) is 82.2 Å². The fraction of sp³-hybridized carbons (Fsp3) is 0.346. The zero-order valence-electron chi connectivity index (χ0n) is 19.0. The summed E-state index contributed by atoms with van der Waals surface area (Å²) in [5, 5.41) is 12.7. The molecule has 170 valence electrons. The first-order valence-electron chi connectivity index (χ1n) is 11.4. The molecular formula is C26H28N4O3. The van der Waals surface area contributed by atoms with E-state index in [0.717, 1.165) is 66.6 Å². The highest BCUT2D eigenvalue weighted by molar-refractivity contribution is 6.04. The lowest BCUT2D eigenvalue weighted by molar-refractivity contribution is 0.0629. The minimum absolute atomic E-state index is 0.0954. The van der Waals surface area contributed by atoms with Crippen molar-refractivity contribution in [3.63, 3.8) is 0 Å². The summed E-state index contributed by atoms with van der Waals surface area (Å²) in [7, 11) is 3.99. The maximum absolute atomic E-state index is 13.4. The summed E-state index contributed by atoms with van der Waals surface area (Å²) < 4.78 is 6.26. The third-order valence-electron chi connectivity index (χ3n) is 6.92. The fourth-order valence-corrected chi connectivity index (χ4v) is 4.89. The number of carbonyl (C=O) groups is 1. The average Bonchev–Trinajstić information content (AvgIpc) is 3.48. The lowest BCUT2D eigenvalue weighted by Crippen LogP contribution is -2.44. The molecule has 0 bridgehead atoms. The Kier molecular flexibility index (Phi) is 5.72. The molecule has 3 aromatic rings. The van der Waals surface area contributed by atoms with Gasteiger partial charge in [0, 0.05) is 42.2 Å². The largest absolute Gasteiger partial charge is 0.450 e. The van der Waals surface area contributed by atoms with Crippen LogP contribution in [0.25, 0.3) is 22.5 Å². The number of aryl methyl sites for hydroxylation is 1. The van der Waals surface area contributed by atoms with Gasteiger partial charge in [-0.3, -0.25) is 9.78 Å². The molecule has 5 rings (SSSR count). The van der Waals surface area contributed by atoms with Crippen LogP contribution in [-0.4, -0.2) is 64.8 Å². The number of oxime groups is 1. The Morgan fingerprint density at radius 3 is 2.58 bits per heavy atom. The summed E-state index contributed by atoms with van der Waals surface area (Å²) in [4.78, 5) is 21.6. The van der Waals surface area contributed by atoms with Crippen molar-refractivity contribution in [1.82, 2.24) is 14.8 Å². The quantitative estimate of drug-likeness (QED) is 0.479. The molecule has 0 spiro atoms. The van der Waals surface area contributed by atoms with Crippen molar-refractivity contribution < 1.29 is 14.4 Å². The summed E-state index contributed by atoms with van der Waals surface area (Å²) in [6, 6.07) is 11.9. The Morgan fingerprint density at radius 2 is 1.85 bits per heavy atom. The number of hydrogen-bond acceptors (Lipinski definition) is 6. The smallest absolute Gasteiger partial charge is 0.289 e. The number of hydrogen-bond donors (Lipinski definition) is 1. The maximum Gasteiger partial charge on any atom is 0.289 e. The lowest BCUT2D eigenvalue weighted by atomic mass is 9.99. The molecule has 0 radical (unpaired) electrons. The Bertz CT molecular complexity index is 1190. The third-order valence-corrected chi connectivity index (χ3v) is 6.92. The van der Waals surface area contributed by atoms with Crippen molar-refractivity contribution in [1.29, 1.82) is 0 Å².